The lowest BCUT2D eigenvalue weighted by Gasteiger charge is -2.11. The van der Waals surface area contributed by atoms with Crippen LogP contribution in [0, 0.1) is 0 Å². The molecule has 0 radical (unpaired) electrons. The van der Waals surface area contributed by atoms with Crippen LogP contribution in [0.2, 0.25) is 5.02 Å². The third kappa shape index (κ3) is 3.22. The average Bonchev–Trinajstić information content (AvgIpc) is 2.40. The van der Waals surface area contributed by atoms with E-state index in [2.05, 4.69) is 0 Å². The smallest absolute Gasteiger partial charge is 0.159 e. The second-order valence-electron chi connectivity index (χ2n) is 4.37. The molecule has 2 aromatic carbocycles. The van der Waals surface area contributed by atoms with E-state index in [9.17, 15) is 4.79 Å². The van der Waals surface area contributed by atoms with Crippen LogP contribution in [0.4, 0.5) is 0 Å². The lowest BCUT2D eigenvalue weighted by Crippen LogP contribution is -1.98. The number of methoxy groups -OCH3 is 1. The maximum atomic E-state index is 11.4. The molecule has 0 saturated carbocycles. The van der Waals surface area contributed by atoms with Gasteiger partial charge in [0.05, 0.1) is 6.61 Å². The fourth-order valence-corrected chi connectivity index (χ4v) is 2.12. The van der Waals surface area contributed by atoms with E-state index in [1.165, 1.54) is 0 Å². The van der Waals surface area contributed by atoms with Crippen molar-refractivity contribution in [3.05, 3.63) is 58.6 Å². The SMILES string of the molecule is COCc1cc(C(C)=O)ccc1-c1ccc(Cl)cc1. The summed E-state index contributed by atoms with van der Waals surface area (Å²) in [5.74, 6) is 0.0556. The molecule has 0 aliphatic heterocycles. The van der Waals surface area contributed by atoms with Crippen LogP contribution in [0.25, 0.3) is 11.1 Å². The summed E-state index contributed by atoms with van der Waals surface area (Å²) in [4.78, 5) is 11.4. The maximum Gasteiger partial charge on any atom is 0.159 e. The zero-order valence-electron chi connectivity index (χ0n) is 10.9. The lowest BCUT2D eigenvalue weighted by molar-refractivity contribution is 0.101. The van der Waals surface area contributed by atoms with Gasteiger partial charge in [0, 0.05) is 17.7 Å². The number of halogens is 1. The predicted molar refractivity (Wildman–Crippen MR) is 77.6 cm³/mol. The Kier molecular flexibility index (Phi) is 4.35. The Hall–Kier alpha value is -1.64. The van der Waals surface area contributed by atoms with Crippen molar-refractivity contribution < 1.29 is 9.53 Å². The first-order valence-electron chi connectivity index (χ1n) is 6.00. The Balaban J connectivity index is 2.49. The van der Waals surface area contributed by atoms with Crippen LogP contribution in [0.5, 0.6) is 0 Å². The van der Waals surface area contributed by atoms with Gasteiger partial charge >= 0.3 is 0 Å². The summed E-state index contributed by atoms with van der Waals surface area (Å²) < 4.78 is 5.21. The standard InChI is InChI=1S/C16H15ClO2/c1-11(18)13-5-8-16(14(9-13)10-19-2)12-3-6-15(17)7-4-12/h3-9H,10H2,1-2H3. The first-order chi connectivity index (χ1) is 9.11. The molecule has 0 spiro atoms. The van der Waals surface area contributed by atoms with E-state index in [0.29, 0.717) is 17.2 Å². The number of hydrogen-bond acceptors (Lipinski definition) is 2. The number of benzene rings is 2. The highest BCUT2D eigenvalue weighted by atomic mass is 35.5. The molecular formula is C16H15ClO2. The zero-order chi connectivity index (χ0) is 13.8. The molecule has 0 aliphatic carbocycles. The molecule has 0 amide bonds. The molecule has 19 heavy (non-hydrogen) atoms. The molecule has 0 saturated heterocycles. The topological polar surface area (TPSA) is 26.3 Å². The number of ether oxygens (including phenoxy) is 1. The number of carbonyl (C=O) groups is 1. The molecule has 2 aromatic rings. The first-order valence-corrected chi connectivity index (χ1v) is 6.38. The molecule has 0 bridgehead atoms. The van der Waals surface area contributed by atoms with Crippen LogP contribution < -0.4 is 0 Å². The van der Waals surface area contributed by atoms with Gasteiger partial charge in [-0.05, 0) is 41.8 Å². The van der Waals surface area contributed by atoms with Gasteiger partial charge in [-0.3, -0.25) is 4.79 Å². The summed E-state index contributed by atoms with van der Waals surface area (Å²) in [5, 5.41) is 0.706. The van der Waals surface area contributed by atoms with Crippen molar-refractivity contribution in [3.63, 3.8) is 0 Å². The van der Waals surface area contributed by atoms with Crippen LogP contribution in [0.1, 0.15) is 22.8 Å². The fraction of sp³-hybridized carbons (Fsp3) is 0.188. The molecule has 98 valence electrons. The highest BCUT2D eigenvalue weighted by molar-refractivity contribution is 6.30. The van der Waals surface area contributed by atoms with Gasteiger partial charge in [-0.2, -0.15) is 0 Å². The molecular weight excluding hydrogens is 260 g/mol. The molecule has 0 unspecified atom stereocenters. The summed E-state index contributed by atoms with van der Waals surface area (Å²) in [6.45, 7) is 2.03. The molecule has 2 rings (SSSR count). The molecule has 0 aliphatic rings. The number of Topliss-reactive ketones (excluding diaryl/α,β-unsaturated/α-hetero) is 1. The highest BCUT2D eigenvalue weighted by Gasteiger charge is 2.08. The Bertz CT molecular complexity index is 588. The van der Waals surface area contributed by atoms with Crippen molar-refractivity contribution in [2.75, 3.05) is 7.11 Å². The van der Waals surface area contributed by atoms with E-state index in [0.717, 1.165) is 16.7 Å². The van der Waals surface area contributed by atoms with E-state index < -0.39 is 0 Å². The van der Waals surface area contributed by atoms with Crippen molar-refractivity contribution in [1.29, 1.82) is 0 Å². The predicted octanol–water partition coefficient (Wildman–Crippen LogP) is 4.36. The number of ketones is 1. The van der Waals surface area contributed by atoms with Crippen LogP contribution in [-0.4, -0.2) is 12.9 Å². The van der Waals surface area contributed by atoms with Crippen LogP contribution >= 0.6 is 11.6 Å². The minimum atomic E-state index is 0.0556. The van der Waals surface area contributed by atoms with E-state index in [1.807, 2.05) is 42.5 Å². The minimum Gasteiger partial charge on any atom is -0.380 e. The van der Waals surface area contributed by atoms with Gasteiger partial charge in [0.1, 0.15) is 0 Å². The second kappa shape index (κ2) is 6.00. The third-order valence-electron chi connectivity index (χ3n) is 2.97. The fourth-order valence-electron chi connectivity index (χ4n) is 2.00. The maximum absolute atomic E-state index is 11.4. The van der Waals surface area contributed by atoms with E-state index in [4.69, 9.17) is 16.3 Å². The monoisotopic (exact) mass is 274 g/mol. The number of carbonyl (C=O) groups excluding carboxylic acids is 1. The Morgan fingerprint density at radius 2 is 1.84 bits per heavy atom. The van der Waals surface area contributed by atoms with E-state index in [-0.39, 0.29) is 5.78 Å². The molecule has 0 fully saturated rings. The van der Waals surface area contributed by atoms with Gasteiger partial charge in [0.15, 0.2) is 5.78 Å². The van der Waals surface area contributed by atoms with Crippen LogP contribution in [-0.2, 0) is 11.3 Å². The van der Waals surface area contributed by atoms with Crippen LogP contribution in [0.3, 0.4) is 0 Å². The van der Waals surface area contributed by atoms with Crippen molar-refractivity contribution in [3.8, 4) is 11.1 Å². The van der Waals surface area contributed by atoms with Crippen molar-refractivity contribution in [2.24, 2.45) is 0 Å². The van der Waals surface area contributed by atoms with E-state index in [1.54, 1.807) is 14.0 Å². The van der Waals surface area contributed by atoms with Crippen molar-refractivity contribution in [1.82, 2.24) is 0 Å². The van der Waals surface area contributed by atoms with Crippen molar-refractivity contribution in [2.45, 2.75) is 13.5 Å². The summed E-state index contributed by atoms with van der Waals surface area (Å²) in [7, 11) is 1.64. The normalized spacial score (nSPS) is 10.5. The van der Waals surface area contributed by atoms with Gasteiger partial charge in [0.2, 0.25) is 0 Å². The summed E-state index contributed by atoms with van der Waals surface area (Å²) in [6.07, 6.45) is 0. The van der Waals surface area contributed by atoms with Gasteiger partial charge in [-0.15, -0.1) is 0 Å². The van der Waals surface area contributed by atoms with E-state index >= 15 is 0 Å². The minimum absolute atomic E-state index is 0.0556. The number of rotatable bonds is 4. The Morgan fingerprint density at radius 3 is 2.42 bits per heavy atom. The zero-order valence-corrected chi connectivity index (χ0v) is 11.7. The molecule has 2 nitrogen and oxygen atoms in total. The summed E-state index contributed by atoms with van der Waals surface area (Å²) in [5.41, 5.74) is 3.82. The average molecular weight is 275 g/mol. The first kappa shape index (κ1) is 13.8. The van der Waals surface area contributed by atoms with Gasteiger partial charge in [-0.1, -0.05) is 35.9 Å². The Morgan fingerprint density at radius 1 is 1.16 bits per heavy atom. The molecule has 0 atom stereocenters. The van der Waals surface area contributed by atoms with Crippen LogP contribution in [0.15, 0.2) is 42.5 Å². The van der Waals surface area contributed by atoms with Gasteiger partial charge in [-0.25, -0.2) is 0 Å². The summed E-state index contributed by atoms with van der Waals surface area (Å²) >= 11 is 5.90. The molecule has 0 N–H and O–H groups in total. The molecule has 0 heterocycles. The lowest BCUT2D eigenvalue weighted by atomic mass is 9.97. The molecule has 3 heteroatoms. The molecule has 0 aromatic heterocycles. The van der Waals surface area contributed by atoms with Gasteiger partial charge < -0.3 is 4.74 Å². The third-order valence-corrected chi connectivity index (χ3v) is 3.22. The van der Waals surface area contributed by atoms with Gasteiger partial charge in [0.25, 0.3) is 0 Å². The Labute approximate surface area is 118 Å². The number of hydrogen-bond donors (Lipinski definition) is 0. The largest absolute Gasteiger partial charge is 0.380 e. The second-order valence-corrected chi connectivity index (χ2v) is 4.80. The quantitative estimate of drug-likeness (QED) is 0.775. The summed E-state index contributed by atoms with van der Waals surface area (Å²) in [6, 6.07) is 13.3. The highest BCUT2D eigenvalue weighted by Crippen LogP contribution is 2.27. The van der Waals surface area contributed by atoms with Crippen molar-refractivity contribution >= 4 is 17.4 Å².